The molecule has 0 N–H and O–H groups in total. The molecule has 0 aliphatic rings. The molecule has 4 nitrogen and oxygen atoms in total. The maximum Gasteiger partial charge on any atom is 0.235 e. The molecule has 0 fully saturated rings. The Morgan fingerprint density at radius 2 is 1.81 bits per heavy atom. The van der Waals surface area contributed by atoms with Crippen LogP contribution in [0, 0.1) is 6.92 Å². The van der Waals surface area contributed by atoms with Crippen LogP contribution in [0.15, 0.2) is 51.7 Å². The fourth-order valence-corrected chi connectivity index (χ4v) is 2.78. The van der Waals surface area contributed by atoms with Gasteiger partial charge in [0.2, 0.25) is 11.2 Å². The number of hydrogen-bond acceptors (Lipinski definition) is 4. The molecule has 0 aliphatic heterocycles. The molecule has 0 saturated carbocycles. The van der Waals surface area contributed by atoms with Gasteiger partial charge in [-0.1, -0.05) is 41.4 Å². The molecule has 5 heteroatoms. The summed E-state index contributed by atoms with van der Waals surface area (Å²) in [5.74, 6) is 0.588. The predicted octanol–water partition coefficient (Wildman–Crippen LogP) is 5.23. The summed E-state index contributed by atoms with van der Waals surface area (Å²) in [6, 6.07) is 12.7. The lowest BCUT2D eigenvalue weighted by atomic mass is 10.1. The molecule has 0 unspecified atom stereocenters. The van der Waals surface area contributed by atoms with E-state index in [2.05, 4.69) is 0 Å². The van der Waals surface area contributed by atoms with E-state index in [1.165, 1.54) is 0 Å². The summed E-state index contributed by atoms with van der Waals surface area (Å²) in [5.41, 5.74) is 2.13. The minimum Gasteiger partial charge on any atom is -0.484 e. The molecular formula is C21H21ClO4. The SMILES string of the molecule is Cc1ccc(-c2oc3ccc(Cl)cc3c(=O)c2OCCOC(C)C)cc1. The standard InChI is InChI=1S/C21H21ClO4/c1-13(2)24-10-11-25-21-19(23)17-12-16(22)8-9-18(17)26-20(21)15-6-4-14(3)5-7-15/h4-9,12-13H,10-11H2,1-3H3. The lowest BCUT2D eigenvalue weighted by Crippen LogP contribution is -2.16. The van der Waals surface area contributed by atoms with Gasteiger partial charge in [0, 0.05) is 10.6 Å². The van der Waals surface area contributed by atoms with E-state index in [0.29, 0.717) is 28.4 Å². The fraction of sp³-hybridized carbons (Fsp3) is 0.286. The van der Waals surface area contributed by atoms with Gasteiger partial charge >= 0.3 is 0 Å². The molecule has 0 spiro atoms. The third kappa shape index (κ3) is 4.09. The van der Waals surface area contributed by atoms with E-state index in [9.17, 15) is 4.79 Å². The Morgan fingerprint density at radius 1 is 1.08 bits per heavy atom. The van der Waals surface area contributed by atoms with Crippen LogP contribution in [0.5, 0.6) is 5.75 Å². The number of halogens is 1. The number of hydrogen-bond donors (Lipinski definition) is 0. The monoisotopic (exact) mass is 372 g/mol. The minimum atomic E-state index is -0.242. The van der Waals surface area contributed by atoms with E-state index in [4.69, 9.17) is 25.5 Å². The first-order valence-electron chi connectivity index (χ1n) is 8.53. The lowest BCUT2D eigenvalue weighted by Gasteiger charge is -2.13. The maximum absolute atomic E-state index is 13.0. The predicted molar refractivity (Wildman–Crippen MR) is 104 cm³/mol. The van der Waals surface area contributed by atoms with Crippen molar-refractivity contribution in [2.45, 2.75) is 26.9 Å². The van der Waals surface area contributed by atoms with Crippen molar-refractivity contribution in [3.63, 3.8) is 0 Å². The van der Waals surface area contributed by atoms with Crippen LogP contribution in [0.25, 0.3) is 22.3 Å². The van der Waals surface area contributed by atoms with Crippen molar-refractivity contribution in [1.29, 1.82) is 0 Å². The Bertz CT molecular complexity index is 958. The van der Waals surface area contributed by atoms with Gasteiger partial charge in [0.15, 0.2) is 5.76 Å². The second-order valence-corrected chi connectivity index (χ2v) is 6.80. The van der Waals surface area contributed by atoms with Crippen molar-refractivity contribution in [2.24, 2.45) is 0 Å². The molecule has 2 aromatic carbocycles. The second-order valence-electron chi connectivity index (χ2n) is 6.36. The molecule has 136 valence electrons. The zero-order valence-corrected chi connectivity index (χ0v) is 15.8. The summed E-state index contributed by atoms with van der Waals surface area (Å²) in [6.45, 7) is 6.54. The number of fused-ring (bicyclic) bond motifs is 1. The zero-order valence-electron chi connectivity index (χ0n) is 15.0. The van der Waals surface area contributed by atoms with Gasteiger partial charge in [0.25, 0.3) is 0 Å². The van der Waals surface area contributed by atoms with E-state index >= 15 is 0 Å². The first kappa shape index (κ1) is 18.5. The highest BCUT2D eigenvalue weighted by Crippen LogP contribution is 2.31. The van der Waals surface area contributed by atoms with Crippen LogP contribution in [0.2, 0.25) is 5.02 Å². The number of benzene rings is 2. The van der Waals surface area contributed by atoms with Crippen LogP contribution in [-0.4, -0.2) is 19.3 Å². The maximum atomic E-state index is 13.0. The van der Waals surface area contributed by atoms with Crippen LogP contribution in [0.3, 0.4) is 0 Å². The van der Waals surface area contributed by atoms with Gasteiger partial charge in [0.1, 0.15) is 12.2 Å². The van der Waals surface area contributed by atoms with E-state index in [-0.39, 0.29) is 23.9 Å². The normalized spacial score (nSPS) is 11.3. The molecule has 26 heavy (non-hydrogen) atoms. The van der Waals surface area contributed by atoms with Crippen molar-refractivity contribution in [2.75, 3.05) is 13.2 Å². The Hall–Kier alpha value is -2.30. The average molecular weight is 373 g/mol. The van der Waals surface area contributed by atoms with Crippen LogP contribution < -0.4 is 10.2 Å². The first-order valence-corrected chi connectivity index (χ1v) is 8.91. The molecule has 0 radical (unpaired) electrons. The van der Waals surface area contributed by atoms with Crippen molar-refractivity contribution < 1.29 is 13.9 Å². The lowest BCUT2D eigenvalue weighted by molar-refractivity contribution is 0.0549. The summed E-state index contributed by atoms with van der Waals surface area (Å²) >= 11 is 6.04. The topological polar surface area (TPSA) is 48.7 Å². The van der Waals surface area contributed by atoms with Gasteiger partial charge in [-0.15, -0.1) is 0 Å². The summed E-state index contributed by atoms with van der Waals surface area (Å²) in [6.07, 6.45) is 0.0991. The Balaban J connectivity index is 2.08. The quantitative estimate of drug-likeness (QED) is 0.556. The Morgan fingerprint density at radius 3 is 2.50 bits per heavy atom. The molecule has 3 rings (SSSR count). The van der Waals surface area contributed by atoms with E-state index < -0.39 is 0 Å². The first-order chi connectivity index (χ1) is 12.5. The minimum absolute atomic E-state index is 0.0991. The Kier molecular flexibility index (Phi) is 5.64. The highest BCUT2D eigenvalue weighted by Gasteiger charge is 2.18. The summed E-state index contributed by atoms with van der Waals surface area (Å²) in [7, 11) is 0. The molecule has 0 aliphatic carbocycles. The third-order valence-corrected chi connectivity index (χ3v) is 4.14. The van der Waals surface area contributed by atoms with Gasteiger partial charge in [-0.05, 0) is 39.0 Å². The van der Waals surface area contributed by atoms with Gasteiger partial charge < -0.3 is 13.9 Å². The summed E-state index contributed by atoms with van der Waals surface area (Å²) in [5, 5.41) is 0.870. The fourth-order valence-electron chi connectivity index (χ4n) is 2.60. The molecule has 3 aromatic rings. The molecule has 1 heterocycles. The van der Waals surface area contributed by atoms with E-state index in [1.807, 2.05) is 45.0 Å². The molecule has 0 saturated heterocycles. The van der Waals surface area contributed by atoms with Crippen LogP contribution in [0.1, 0.15) is 19.4 Å². The highest BCUT2D eigenvalue weighted by molar-refractivity contribution is 6.31. The number of rotatable bonds is 6. The smallest absolute Gasteiger partial charge is 0.235 e. The molecule has 1 aromatic heterocycles. The molecule has 0 amide bonds. The van der Waals surface area contributed by atoms with Crippen molar-refractivity contribution >= 4 is 22.6 Å². The molecular weight excluding hydrogens is 352 g/mol. The molecule has 0 atom stereocenters. The van der Waals surface area contributed by atoms with Gasteiger partial charge in [-0.3, -0.25) is 4.79 Å². The Labute approximate surface area is 157 Å². The number of ether oxygens (including phenoxy) is 2. The summed E-state index contributed by atoms with van der Waals surface area (Å²) in [4.78, 5) is 13.0. The molecule has 0 bridgehead atoms. The second kappa shape index (κ2) is 7.94. The van der Waals surface area contributed by atoms with Gasteiger partial charge in [-0.2, -0.15) is 0 Å². The third-order valence-electron chi connectivity index (χ3n) is 3.91. The van der Waals surface area contributed by atoms with E-state index in [0.717, 1.165) is 11.1 Å². The van der Waals surface area contributed by atoms with E-state index in [1.54, 1.807) is 18.2 Å². The van der Waals surface area contributed by atoms with Crippen molar-refractivity contribution in [3.05, 3.63) is 63.3 Å². The van der Waals surface area contributed by atoms with Crippen LogP contribution in [-0.2, 0) is 4.74 Å². The van der Waals surface area contributed by atoms with Gasteiger partial charge in [-0.25, -0.2) is 0 Å². The largest absolute Gasteiger partial charge is 0.484 e. The van der Waals surface area contributed by atoms with Crippen molar-refractivity contribution in [3.8, 4) is 17.1 Å². The summed E-state index contributed by atoms with van der Waals surface area (Å²) < 4.78 is 17.3. The number of aryl methyl sites for hydroxylation is 1. The van der Waals surface area contributed by atoms with Crippen LogP contribution >= 0.6 is 11.6 Å². The highest BCUT2D eigenvalue weighted by atomic mass is 35.5. The van der Waals surface area contributed by atoms with Crippen LogP contribution in [0.4, 0.5) is 0 Å². The van der Waals surface area contributed by atoms with Crippen molar-refractivity contribution in [1.82, 2.24) is 0 Å². The zero-order chi connectivity index (χ0) is 18.7. The average Bonchev–Trinajstić information content (AvgIpc) is 2.61. The van der Waals surface area contributed by atoms with Gasteiger partial charge in [0.05, 0.1) is 18.1 Å².